The molecule has 0 radical (unpaired) electrons. The lowest BCUT2D eigenvalue weighted by atomic mass is 9.79. The van der Waals surface area contributed by atoms with Crippen LogP contribution in [0.1, 0.15) is 49.9 Å². The molecular formula is C48H37N. The highest BCUT2D eigenvalue weighted by atomic mass is 15.0. The molecule has 2 aliphatic rings. The first-order valence-corrected chi connectivity index (χ1v) is 17.4. The van der Waals surface area contributed by atoms with Crippen LogP contribution in [0.25, 0.3) is 72.0 Å². The maximum atomic E-state index is 2.49. The molecule has 1 heteroatoms. The van der Waals surface area contributed by atoms with Gasteiger partial charge in [0.1, 0.15) is 0 Å². The van der Waals surface area contributed by atoms with Crippen LogP contribution in [-0.4, -0.2) is 4.57 Å². The molecule has 0 aliphatic heterocycles. The molecule has 0 saturated heterocycles. The Morgan fingerprint density at radius 2 is 0.878 bits per heavy atom. The van der Waals surface area contributed by atoms with Crippen molar-refractivity contribution in [1.29, 1.82) is 0 Å². The van der Waals surface area contributed by atoms with Crippen molar-refractivity contribution < 1.29 is 0 Å². The summed E-state index contributed by atoms with van der Waals surface area (Å²) in [6, 6.07) is 56.5. The van der Waals surface area contributed by atoms with Crippen molar-refractivity contribution in [2.45, 2.75) is 38.5 Å². The molecule has 234 valence electrons. The lowest BCUT2D eigenvalue weighted by molar-refractivity contribution is 0.660. The molecule has 0 unspecified atom stereocenters. The number of rotatable bonds is 3. The molecule has 0 spiro atoms. The minimum atomic E-state index is -0.179. The summed E-state index contributed by atoms with van der Waals surface area (Å²) in [5, 5.41) is 2.62. The summed E-state index contributed by atoms with van der Waals surface area (Å²) in [5.74, 6) is 0. The van der Waals surface area contributed by atoms with Gasteiger partial charge in [0, 0.05) is 27.3 Å². The van der Waals surface area contributed by atoms with E-state index in [9.17, 15) is 0 Å². The maximum absolute atomic E-state index is 2.49. The smallest absolute Gasteiger partial charge is 0.0588 e. The van der Waals surface area contributed by atoms with Crippen molar-refractivity contribution in [3.8, 4) is 50.2 Å². The molecule has 49 heavy (non-hydrogen) atoms. The van der Waals surface area contributed by atoms with Crippen LogP contribution >= 0.6 is 0 Å². The third kappa shape index (κ3) is 3.88. The first-order valence-electron chi connectivity index (χ1n) is 17.4. The van der Waals surface area contributed by atoms with Gasteiger partial charge in [0.15, 0.2) is 0 Å². The Hall–Kier alpha value is -5.66. The third-order valence-corrected chi connectivity index (χ3v) is 11.6. The van der Waals surface area contributed by atoms with Gasteiger partial charge in [-0.1, -0.05) is 143 Å². The largest absolute Gasteiger partial charge is 0.309 e. The molecule has 2 aliphatic carbocycles. The van der Waals surface area contributed by atoms with E-state index in [2.05, 4.69) is 184 Å². The van der Waals surface area contributed by atoms with Gasteiger partial charge in [-0.3, -0.25) is 0 Å². The first kappa shape index (κ1) is 28.4. The van der Waals surface area contributed by atoms with Gasteiger partial charge in [0.2, 0.25) is 0 Å². The summed E-state index contributed by atoms with van der Waals surface area (Å²) in [6.45, 7) is 9.60. The molecule has 0 saturated carbocycles. The lowest BCUT2D eigenvalue weighted by Gasteiger charge is -2.24. The quantitative estimate of drug-likeness (QED) is 0.184. The molecule has 7 aromatic carbocycles. The zero-order chi connectivity index (χ0) is 33.1. The molecule has 0 amide bonds. The van der Waals surface area contributed by atoms with Crippen LogP contribution in [0, 0.1) is 0 Å². The predicted molar refractivity (Wildman–Crippen MR) is 207 cm³/mol. The molecule has 1 heterocycles. The minimum Gasteiger partial charge on any atom is -0.309 e. The van der Waals surface area contributed by atoms with Crippen molar-refractivity contribution >= 4 is 21.8 Å². The van der Waals surface area contributed by atoms with Gasteiger partial charge >= 0.3 is 0 Å². The van der Waals surface area contributed by atoms with E-state index in [1.807, 2.05) is 0 Å². The Balaban J connectivity index is 1.11. The second-order valence-electron chi connectivity index (χ2n) is 15.0. The number of para-hydroxylation sites is 2. The van der Waals surface area contributed by atoms with Crippen molar-refractivity contribution in [2.75, 3.05) is 0 Å². The fourth-order valence-corrected chi connectivity index (χ4v) is 9.10. The highest BCUT2D eigenvalue weighted by Crippen LogP contribution is 2.55. The van der Waals surface area contributed by atoms with Gasteiger partial charge in [-0.25, -0.2) is 0 Å². The second-order valence-corrected chi connectivity index (χ2v) is 15.0. The minimum absolute atomic E-state index is 0.0891. The number of hydrogen-bond donors (Lipinski definition) is 0. The third-order valence-electron chi connectivity index (χ3n) is 11.6. The van der Waals surface area contributed by atoms with Gasteiger partial charge in [0.05, 0.1) is 11.0 Å². The summed E-state index contributed by atoms with van der Waals surface area (Å²) in [6.07, 6.45) is 0. The van der Waals surface area contributed by atoms with E-state index in [0.29, 0.717) is 0 Å². The zero-order valence-electron chi connectivity index (χ0n) is 28.4. The van der Waals surface area contributed by atoms with E-state index in [1.165, 1.54) is 94.3 Å². The number of hydrogen-bond acceptors (Lipinski definition) is 0. The van der Waals surface area contributed by atoms with E-state index < -0.39 is 0 Å². The van der Waals surface area contributed by atoms with Gasteiger partial charge in [0.25, 0.3) is 0 Å². The Morgan fingerprint density at radius 1 is 0.388 bits per heavy atom. The molecule has 0 fully saturated rings. The highest BCUT2D eigenvalue weighted by molar-refractivity contribution is 6.13. The zero-order valence-corrected chi connectivity index (χ0v) is 28.4. The van der Waals surface area contributed by atoms with E-state index in [-0.39, 0.29) is 10.8 Å². The molecule has 0 N–H and O–H groups in total. The fourth-order valence-electron chi connectivity index (χ4n) is 9.10. The van der Waals surface area contributed by atoms with Gasteiger partial charge in [-0.05, 0) is 103 Å². The van der Waals surface area contributed by atoms with Crippen LogP contribution in [-0.2, 0) is 10.8 Å². The SMILES string of the molecule is CC1(C)c2cc(-c3ccccc3)ccc2-c2ccc(-c3ccc4c(c3)C(C)(C)c3c-4ccc4c5ccccc5n(-c5ccccc5)c34)cc21. The highest BCUT2D eigenvalue weighted by Gasteiger charge is 2.39. The van der Waals surface area contributed by atoms with Crippen LogP contribution in [0.5, 0.6) is 0 Å². The Labute approximate surface area is 288 Å². The van der Waals surface area contributed by atoms with Gasteiger partial charge in [-0.15, -0.1) is 0 Å². The van der Waals surface area contributed by atoms with Crippen molar-refractivity contribution in [3.05, 3.63) is 174 Å². The lowest BCUT2D eigenvalue weighted by Crippen LogP contribution is -2.17. The van der Waals surface area contributed by atoms with E-state index in [1.54, 1.807) is 0 Å². The van der Waals surface area contributed by atoms with E-state index >= 15 is 0 Å². The fraction of sp³-hybridized carbons (Fsp3) is 0.125. The molecule has 10 rings (SSSR count). The summed E-state index contributed by atoms with van der Waals surface area (Å²) in [4.78, 5) is 0. The average molecular weight is 628 g/mol. The number of benzene rings is 7. The number of fused-ring (bicyclic) bond motifs is 10. The molecule has 0 atom stereocenters. The van der Waals surface area contributed by atoms with Crippen LogP contribution < -0.4 is 0 Å². The van der Waals surface area contributed by atoms with Crippen LogP contribution in [0.3, 0.4) is 0 Å². The van der Waals surface area contributed by atoms with Crippen LogP contribution in [0.2, 0.25) is 0 Å². The Morgan fingerprint density at radius 3 is 1.51 bits per heavy atom. The second kappa shape index (κ2) is 9.94. The topological polar surface area (TPSA) is 4.93 Å². The molecule has 8 aromatic rings. The monoisotopic (exact) mass is 627 g/mol. The van der Waals surface area contributed by atoms with Crippen LogP contribution in [0.4, 0.5) is 0 Å². The predicted octanol–water partition coefficient (Wildman–Crippen LogP) is 12.7. The summed E-state index contributed by atoms with van der Waals surface area (Å²) >= 11 is 0. The molecule has 0 bridgehead atoms. The Bertz CT molecular complexity index is 2630. The van der Waals surface area contributed by atoms with Gasteiger partial charge in [-0.2, -0.15) is 0 Å². The standard InChI is InChI=1S/C48H37N/c1-47(2)41-27-31(30-13-7-5-8-14-30)19-22-35(41)36-23-20-32(28-42(36)47)33-21-24-37-39-25-26-40-38-17-11-12-18-44(38)49(34-15-9-6-10-16-34)46(40)45(39)48(3,4)43(37)29-33/h5-29H,1-4H3. The Kier molecular flexibility index (Phi) is 5.75. The summed E-state index contributed by atoms with van der Waals surface area (Å²) in [7, 11) is 0. The van der Waals surface area contributed by atoms with Crippen molar-refractivity contribution in [2.24, 2.45) is 0 Å². The van der Waals surface area contributed by atoms with E-state index in [0.717, 1.165) is 0 Å². The number of aromatic nitrogens is 1. The maximum Gasteiger partial charge on any atom is 0.0588 e. The van der Waals surface area contributed by atoms with Crippen molar-refractivity contribution in [3.63, 3.8) is 0 Å². The normalized spacial score (nSPS) is 14.9. The van der Waals surface area contributed by atoms with Gasteiger partial charge < -0.3 is 4.57 Å². The summed E-state index contributed by atoms with van der Waals surface area (Å²) in [5.41, 5.74) is 19.6. The first-order chi connectivity index (χ1) is 23.8. The van der Waals surface area contributed by atoms with E-state index in [4.69, 9.17) is 0 Å². The molecule has 1 nitrogen and oxygen atoms in total. The van der Waals surface area contributed by atoms with Crippen molar-refractivity contribution in [1.82, 2.24) is 4.57 Å². The summed E-state index contributed by atoms with van der Waals surface area (Å²) < 4.78 is 2.49. The average Bonchev–Trinajstić information content (AvgIpc) is 3.68. The van der Waals surface area contributed by atoms with Crippen LogP contribution in [0.15, 0.2) is 152 Å². The number of nitrogens with zero attached hydrogens (tertiary/aromatic N) is 1. The molecular weight excluding hydrogens is 591 g/mol. The molecule has 1 aromatic heterocycles.